The van der Waals surface area contributed by atoms with E-state index in [4.69, 9.17) is 4.74 Å². The summed E-state index contributed by atoms with van der Waals surface area (Å²) in [5.74, 6) is 1.32. The summed E-state index contributed by atoms with van der Waals surface area (Å²) in [5, 5.41) is 5.00. The molecule has 1 aliphatic heterocycles. The van der Waals surface area contributed by atoms with Gasteiger partial charge in [0.25, 0.3) is 5.91 Å². The summed E-state index contributed by atoms with van der Waals surface area (Å²) in [4.78, 5) is 13.0. The molecule has 1 atom stereocenters. The van der Waals surface area contributed by atoms with E-state index in [1.54, 1.807) is 0 Å². The number of thiophene rings is 1. The number of benzene rings is 1. The lowest BCUT2D eigenvalue weighted by molar-refractivity contribution is 0.0952. The van der Waals surface area contributed by atoms with Crippen LogP contribution in [0.15, 0.2) is 35.7 Å². The Morgan fingerprint density at radius 2 is 2.25 bits per heavy atom. The molecular weight excluding hydrogens is 270 g/mol. The smallest absolute Gasteiger partial charge is 0.261 e. The normalized spacial score (nSPS) is 17.1. The maximum atomic E-state index is 12.1. The van der Waals surface area contributed by atoms with Crippen LogP contribution < -0.4 is 10.1 Å². The van der Waals surface area contributed by atoms with Crippen LogP contribution in [0.1, 0.15) is 33.1 Å². The van der Waals surface area contributed by atoms with Crippen LogP contribution >= 0.6 is 11.3 Å². The first-order valence-electron chi connectivity index (χ1n) is 6.79. The number of hydrogen-bond donors (Lipinski definition) is 1. The first-order valence-corrected chi connectivity index (χ1v) is 7.67. The van der Waals surface area contributed by atoms with Crippen molar-refractivity contribution in [1.29, 1.82) is 0 Å². The van der Waals surface area contributed by atoms with E-state index in [9.17, 15) is 4.79 Å². The number of rotatable bonds is 3. The summed E-state index contributed by atoms with van der Waals surface area (Å²) < 4.78 is 5.64. The highest BCUT2D eigenvalue weighted by Crippen LogP contribution is 2.32. The van der Waals surface area contributed by atoms with Gasteiger partial charge in [0.1, 0.15) is 5.75 Å². The van der Waals surface area contributed by atoms with Gasteiger partial charge in [-0.1, -0.05) is 18.2 Å². The van der Waals surface area contributed by atoms with Gasteiger partial charge in [0.15, 0.2) is 0 Å². The largest absolute Gasteiger partial charge is 0.493 e. The highest BCUT2D eigenvalue weighted by atomic mass is 32.1. The van der Waals surface area contributed by atoms with Crippen LogP contribution in [0.5, 0.6) is 5.75 Å². The summed E-state index contributed by atoms with van der Waals surface area (Å²) in [7, 11) is 0. The molecular formula is C16H17NO2S. The highest BCUT2D eigenvalue weighted by Gasteiger charge is 2.22. The van der Waals surface area contributed by atoms with Gasteiger partial charge in [0.2, 0.25) is 0 Å². The van der Waals surface area contributed by atoms with Crippen molar-refractivity contribution >= 4 is 17.2 Å². The third-order valence-electron chi connectivity index (χ3n) is 3.66. The van der Waals surface area contributed by atoms with Crippen molar-refractivity contribution in [2.45, 2.75) is 19.3 Å². The Morgan fingerprint density at radius 1 is 1.40 bits per heavy atom. The van der Waals surface area contributed by atoms with Gasteiger partial charge in [-0.25, -0.2) is 0 Å². The minimum absolute atomic E-state index is 0.0291. The zero-order valence-electron chi connectivity index (χ0n) is 11.4. The van der Waals surface area contributed by atoms with Crippen LogP contribution in [0.3, 0.4) is 0 Å². The van der Waals surface area contributed by atoms with Crippen LogP contribution in [0.2, 0.25) is 0 Å². The van der Waals surface area contributed by atoms with E-state index in [0.717, 1.165) is 29.2 Å². The van der Waals surface area contributed by atoms with Crippen molar-refractivity contribution in [1.82, 2.24) is 5.32 Å². The number of para-hydroxylation sites is 1. The van der Waals surface area contributed by atoms with Gasteiger partial charge in [0, 0.05) is 12.5 Å². The van der Waals surface area contributed by atoms with Crippen LogP contribution in [0.4, 0.5) is 0 Å². The average molecular weight is 287 g/mol. The lowest BCUT2D eigenvalue weighted by Gasteiger charge is -2.25. The second kappa shape index (κ2) is 5.67. The maximum absolute atomic E-state index is 12.1. The molecule has 3 nitrogen and oxygen atoms in total. The molecule has 0 aliphatic carbocycles. The Morgan fingerprint density at radius 3 is 3.05 bits per heavy atom. The molecule has 1 unspecified atom stereocenters. The van der Waals surface area contributed by atoms with E-state index < -0.39 is 0 Å². The molecule has 0 fully saturated rings. The second-order valence-electron chi connectivity index (χ2n) is 5.01. The molecule has 1 aliphatic rings. The van der Waals surface area contributed by atoms with Crippen molar-refractivity contribution in [3.63, 3.8) is 0 Å². The molecule has 0 saturated heterocycles. The molecule has 0 bridgehead atoms. The van der Waals surface area contributed by atoms with Gasteiger partial charge in [0.05, 0.1) is 11.5 Å². The molecule has 20 heavy (non-hydrogen) atoms. The molecule has 2 heterocycles. The number of ether oxygens (including phenoxy) is 1. The molecule has 2 aromatic rings. The number of carbonyl (C=O) groups is 1. The molecule has 1 aromatic carbocycles. The number of hydrogen-bond acceptors (Lipinski definition) is 3. The van der Waals surface area contributed by atoms with Gasteiger partial charge in [-0.15, -0.1) is 11.3 Å². The van der Waals surface area contributed by atoms with E-state index >= 15 is 0 Å². The molecule has 1 amide bonds. The van der Waals surface area contributed by atoms with Crippen molar-refractivity contribution in [2.24, 2.45) is 0 Å². The average Bonchev–Trinajstić information content (AvgIpc) is 2.91. The number of aryl methyl sites for hydroxylation is 1. The molecule has 3 rings (SSSR count). The van der Waals surface area contributed by atoms with E-state index in [2.05, 4.69) is 11.4 Å². The van der Waals surface area contributed by atoms with Gasteiger partial charge < -0.3 is 10.1 Å². The maximum Gasteiger partial charge on any atom is 0.261 e. The Bertz CT molecular complexity index is 620. The van der Waals surface area contributed by atoms with Crippen LogP contribution in [-0.4, -0.2) is 19.1 Å². The molecule has 4 heteroatoms. The van der Waals surface area contributed by atoms with Gasteiger partial charge >= 0.3 is 0 Å². The van der Waals surface area contributed by atoms with Crippen molar-refractivity contribution in [3.05, 3.63) is 51.7 Å². The number of fused-ring (bicyclic) bond motifs is 1. The van der Waals surface area contributed by atoms with Crippen molar-refractivity contribution in [2.75, 3.05) is 13.2 Å². The van der Waals surface area contributed by atoms with E-state index in [-0.39, 0.29) is 5.91 Å². The molecule has 0 radical (unpaired) electrons. The molecule has 1 N–H and O–H groups in total. The number of amides is 1. The van der Waals surface area contributed by atoms with E-state index in [1.807, 2.05) is 36.6 Å². The lowest BCUT2D eigenvalue weighted by atomic mass is 9.93. The summed E-state index contributed by atoms with van der Waals surface area (Å²) >= 11 is 1.49. The first kappa shape index (κ1) is 13.2. The zero-order chi connectivity index (χ0) is 13.9. The molecule has 0 saturated carbocycles. The quantitative estimate of drug-likeness (QED) is 0.940. The summed E-state index contributed by atoms with van der Waals surface area (Å²) in [5.41, 5.74) is 2.24. The number of nitrogens with one attached hydrogen (secondary N) is 1. The van der Waals surface area contributed by atoms with Gasteiger partial charge in [-0.3, -0.25) is 4.79 Å². The molecule has 1 aromatic heterocycles. The van der Waals surface area contributed by atoms with Crippen LogP contribution in [-0.2, 0) is 0 Å². The lowest BCUT2D eigenvalue weighted by Crippen LogP contribution is -2.30. The fraction of sp³-hybridized carbons (Fsp3) is 0.312. The van der Waals surface area contributed by atoms with Gasteiger partial charge in [-0.05, 0) is 42.0 Å². The third kappa shape index (κ3) is 2.56. The summed E-state index contributed by atoms with van der Waals surface area (Å²) in [6.45, 7) is 3.35. The first-order chi connectivity index (χ1) is 9.75. The van der Waals surface area contributed by atoms with Crippen LogP contribution in [0.25, 0.3) is 0 Å². The summed E-state index contributed by atoms with van der Waals surface area (Å²) in [6, 6.07) is 10.1. The molecule has 104 valence electrons. The number of carbonyl (C=O) groups excluding carboxylic acids is 1. The standard InChI is InChI=1S/C16H17NO2S/c1-11-7-9-20-15(11)16(18)17-10-12-6-8-19-14-5-3-2-4-13(12)14/h2-5,7,9,12H,6,8,10H2,1H3,(H,17,18). The predicted octanol–water partition coefficient (Wildman–Crippen LogP) is 3.35. The van der Waals surface area contributed by atoms with Gasteiger partial charge in [-0.2, -0.15) is 0 Å². The fourth-order valence-electron chi connectivity index (χ4n) is 2.53. The Hall–Kier alpha value is -1.81. The molecule has 0 spiro atoms. The Kier molecular flexibility index (Phi) is 3.74. The topological polar surface area (TPSA) is 38.3 Å². The highest BCUT2D eigenvalue weighted by molar-refractivity contribution is 7.12. The Labute approximate surface area is 122 Å². The summed E-state index contributed by atoms with van der Waals surface area (Å²) in [6.07, 6.45) is 0.945. The van der Waals surface area contributed by atoms with E-state index in [1.165, 1.54) is 16.9 Å². The fourth-order valence-corrected chi connectivity index (χ4v) is 3.37. The Balaban J connectivity index is 1.68. The predicted molar refractivity (Wildman–Crippen MR) is 80.7 cm³/mol. The minimum Gasteiger partial charge on any atom is -0.493 e. The van der Waals surface area contributed by atoms with E-state index in [0.29, 0.717) is 12.5 Å². The second-order valence-corrected chi connectivity index (χ2v) is 5.93. The monoisotopic (exact) mass is 287 g/mol. The minimum atomic E-state index is 0.0291. The SMILES string of the molecule is Cc1ccsc1C(=O)NCC1CCOc2ccccc21. The van der Waals surface area contributed by atoms with Crippen LogP contribution in [0, 0.1) is 6.92 Å². The zero-order valence-corrected chi connectivity index (χ0v) is 12.2. The van der Waals surface area contributed by atoms with Crippen molar-refractivity contribution in [3.8, 4) is 5.75 Å². The van der Waals surface area contributed by atoms with Crippen molar-refractivity contribution < 1.29 is 9.53 Å². The third-order valence-corrected chi connectivity index (χ3v) is 4.68.